The molecule has 0 aliphatic carbocycles. The van der Waals surface area contributed by atoms with Gasteiger partial charge < -0.3 is 0 Å². The van der Waals surface area contributed by atoms with E-state index in [2.05, 4.69) is 0 Å². The summed E-state index contributed by atoms with van der Waals surface area (Å²) in [7, 11) is 0. The van der Waals surface area contributed by atoms with Crippen LogP contribution in [0.1, 0.15) is 20.1 Å². The second-order valence-corrected chi connectivity index (χ2v) is 5.44. The lowest BCUT2D eigenvalue weighted by Gasteiger charge is -2.03. The van der Waals surface area contributed by atoms with E-state index in [0.717, 1.165) is 4.88 Å². The van der Waals surface area contributed by atoms with Crippen molar-refractivity contribution in [3.8, 4) is 0 Å². The van der Waals surface area contributed by atoms with Crippen LogP contribution in [0.2, 0.25) is 10.0 Å². The van der Waals surface area contributed by atoms with Gasteiger partial charge in [0.15, 0.2) is 0 Å². The zero-order chi connectivity index (χ0) is 11.7. The van der Waals surface area contributed by atoms with Crippen LogP contribution in [0.3, 0.4) is 0 Å². The number of carbonyl (C=O) groups excluding carboxylic acids is 1. The molecule has 4 heteroatoms. The Hall–Kier alpha value is -0.830. The maximum Gasteiger partial charge on any atom is 0.205 e. The van der Waals surface area contributed by atoms with Gasteiger partial charge in [0, 0.05) is 4.88 Å². The van der Waals surface area contributed by atoms with Gasteiger partial charge in [-0.2, -0.15) is 0 Å². The number of hydrogen-bond donors (Lipinski definition) is 0. The van der Waals surface area contributed by atoms with Crippen molar-refractivity contribution in [2.24, 2.45) is 0 Å². The molecule has 0 saturated heterocycles. The van der Waals surface area contributed by atoms with Gasteiger partial charge in [-0.15, -0.1) is 11.3 Å². The second kappa shape index (κ2) is 4.58. The van der Waals surface area contributed by atoms with Gasteiger partial charge in [-0.3, -0.25) is 4.79 Å². The van der Waals surface area contributed by atoms with Crippen molar-refractivity contribution < 1.29 is 4.79 Å². The largest absolute Gasteiger partial charge is 0.288 e. The fourth-order valence-electron chi connectivity index (χ4n) is 1.39. The summed E-state index contributed by atoms with van der Waals surface area (Å²) in [4.78, 5) is 13.9. The predicted octanol–water partition coefficient (Wildman–Crippen LogP) is 4.59. The van der Waals surface area contributed by atoms with Crippen LogP contribution < -0.4 is 0 Å². The highest BCUT2D eigenvalue weighted by Gasteiger charge is 2.17. The first-order valence-electron chi connectivity index (χ1n) is 4.65. The first kappa shape index (κ1) is 11.6. The van der Waals surface area contributed by atoms with Crippen molar-refractivity contribution in [1.29, 1.82) is 0 Å². The number of hydrogen-bond acceptors (Lipinski definition) is 2. The maximum absolute atomic E-state index is 12.1. The normalized spacial score (nSPS) is 10.4. The third-order valence-electron chi connectivity index (χ3n) is 2.15. The van der Waals surface area contributed by atoms with Gasteiger partial charge in [0.25, 0.3) is 0 Å². The Morgan fingerprint density at radius 1 is 1.12 bits per heavy atom. The monoisotopic (exact) mass is 270 g/mol. The fourth-order valence-corrected chi connectivity index (χ4v) is 2.78. The minimum absolute atomic E-state index is 0.117. The van der Waals surface area contributed by atoms with Crippen LogP contribution in [0.15, 0.2) is 30.3 Å². The molecule has 0 aliphatic heterocycles. The third kappa shape index (κ3) is 2.14. The van der Waals surface area contributed by atoms with Crippen molar-refractivity contribution >= 4 is 40.3 Å². The Labute approximate surface area is 108 Å². The number of rotatable bonds is 2. The third-order valence-corrected chi connectivity index (χ3v) is 3.78. The van der Waals surface area contributed by atoms with E-state index in [9.17, 15) is 4.79 Å². The number of ketones is 1. The lowest BCUT2D eigenvalue weighted by molar-refractivity contribution is 0.104. The molecule has 1 aromatic carbocycles. The van der Waals surface area contributed by atoms with E-state index in [1.54, 1.807) is 24.3 Å². The zero-order valence-corrected chi connectivity index (χ0v) is 10.8. The molecule has 1 aromatic heterocycles. The van der Waals surface area contributed by atoms with E-state index < -0.39 is 0 Å². The van der Waals surface area contributed by atoms with Crippen LogP contribution >= 0.6 is 34.5 Å². The van der Waals surface area contributed by atoms with Gasteiger partial charge in [0.05, 0.1) is 20.5 Å². The quantitative estimate of drug-likeness (QED) is 0.730. The molecule has 0 fully saturated rings. The number of aryl methyl sites for hydroxylation is 1. The molecule has 16 heavy (non-hydrogen) atoms. The van der Waals surface area contributed by atoms with Crippen molar-refractivity contribution in [3.05, 3.63) is 55.7 Å². The standard InChI is InChI=1S/C12H8Cl2OS/c1-7-5-6-10(16-7)12(15)11-8(13)3-2-4-9(11)14/h2-6H,1H3. The second-order valence-electron chi connectivity index (χ2n) is 3.34. The van der Waals surface area contributed by atoms with Crippen molar-refractivity contribution in [2.75, 3.05) is 0 Å². The van der Waals surface area contributed by atoms with E-state index in [0.29, 0.717) is 20.5 Å². The molecule has 0 bridgehead atoms. The first-order valence-corrected chi connectivity index (χ1v) is 6.22. The summed E-state index contributed by atoms with van der Waals surface area (Å²) < 4.78 is 0. The summed E-state index contributed by atoms with van der Waals surface area (Å²) in [6, 6.07) is 8.76. The molecule has 0 saturated carbocycles. The van der Waals surface area contributed by atoms with E-state index in [1.807, 2.05) is 13.0 Å². The first-order chi connectivity index (χ1) is 7.59. The van der Waals surface area contributed by atoms with Gasteiger partial charge in [-0.05, 0) is 31.2 Å². The van der Waals surface area contributed by atoms with Crippen LogP contribution in [0.4, 0.5) is 0 Å². The fraction of sp³-hybridized carbons (Fsp3) is 0.0833. The van der Waals surface area contributed by atoms with Crippen LogP contribution in [0.5, 0.6) is 0 Å². The predicted molar refractivity (Wildman–Crippen MR) is 69.0 cm³/mol. The molecule has 2 aromatic rings. The molecule has 1 nitrogen and oxygen atoms in total. The van der Waals surface area contributed by atoms with Gasteiger partial charge in [-0.1, -0.05) is 29.3 Å². The van der Waals surface area contributed by atoms with E-state index in [-0.39, 0.29) is 5.78 Å². The van der Waals surface area contributed by atoms with Crippen LogP contribution in [-0.2, 0) is 0 Å². The highest BCUT2D eigenvalue weighted by atomic mass is 35.5. The van der Waals surface area contributed by atoms with Crippen molar-refractivity contribution in [3.63, 3.8) is 0 Å². The number of thiophene rings is 1. The minimum Gasteiger partial charge on any atom is -0.288 e. The molecule has 0 unspecified atom stereocenters. The Balaban J connectivity index is 2.49. The summed E-state index contributed by atoms with van der Waals surface area (Å²) in [5.41, 5.74) is 0.382. The Morgan fingerprint density at radius 2 is 1.75 bits per heavy atom. The molecular formula is C12H8Cl2OS. The molecule has 0 spiro atoms. The van der Waals surface area contributed by atoms with Gasteiger partial charge in [0.2, 0.25) is 5.78 Å². The average Bonchev–Trinajstić information content (AvgIpc) is 2.64. The molecule has 0 aliphatic rings. The van der Waals surface area contributed by atoms with Crippen LogP contribution in [0.25, 0.3) is 0 Å². The van der Waals surface area contributed by atoms with E-state index in [1.165, 1.54) is 11.3 Å². The summed E-state index contributed by atoms with van der Waals surface area (Å²) in [5.74, 6) is -0.117. The number of halogens is 2. The number of carbonyl (C=O) groups is 1. The Kier molecular flexibility index (Phi) is 3.33. The molecule has 1 heterocycles. The smallest absolute Gasteiger partial charge is 0.205 e. The Morgan fingerprint density at radius 3 is 2.25 bits per heavy atom. The SMILES string of the molecule is Cc1ccc(C(=O)c2c(Cl)cccc2Cl)s1. The van der Waals surface area contributed by atoms with E-state index in [4.69, 9.17) is 23.2 Å². The average molecular weight is 271 g/mol. The van der Waals surface area contributed by atoms with Gasteiger partial charge >= 0.3 is 0 Å². The minimum atomic E-state index is -0.117. The highest BCUT2D eigenvalue weighted by molar-refractivity contribution is 7.14. The molecule has 0 radical (unpaired) electrons. The zero-order valence-electron chi connectivity index (χ0n) is 8.46. The lowest BCUT2D eigenvalue weighted by Crippen LogP contribution is -2.00. The highest BCUT2D eigenvalue weighted by Crippen LogP contribution is 2.29. The number of benzene rings is 1. The molecule has 0 amide bonds. The van der Waals surface area contributed by atoms with Crippen LogP contribution in [0, 0.1) is 6.92 Å². The summed E-state index contributed by atoms with van der Waals surface area (Å²) in [5, 5.41) is 0.784. The Bertz CT molecular complexity index is 525. The topological polar surface area (TPSA) is 17.1 Å². The molecular weight excluding hydrogens is 263 g/mol. The maximum atomic E-state index is 12.1. The van der Waals surface area contributed by atoms with Crippen molar-refractivity contribution in [2.45, 2.75) is 6.92 Å². The molecule has 2 rings (SSSR count). The van der Waals surface area contributed by atoms with E-state index >= 15 is 0 Å². The molecule has 82 valence electrons. The lowest BCUT2D eigenvalue weighted by atomic mass is 10.1. The van der Waals surface area contributed by atoms with Crippen LogP contribution in [-0.4, -0.2) is 5.78 Å². The molecule has 0 N–H and O–H groups in total. The summed E-state index contributed by atoms with van der Waals surface area (Å²) in [6.45, 7) is 1.95. The van der Waals surface area contributed by atoms with Gasteiger partial charge in [-0.25, -0.2) is 0 Å². The van der Waals surface area contributed by atoms with Gasteiger partial charge in [0.1, 0.15) is 0 Å². The summed E-state index contributed by atoms with van der Waals surface area (Å²) >= 11 is 13.4. The van der Waals surface area contributed by atoms with Crippen molar-refractivity contribution in [1.82, 2.24) is 0 Å². The summed E-state index contributed by atoms with van der Waals surface area (Å²) in [6.07, 6.45) is 0. The molecule has 0 atom stereocenters.